The maximum absolute atomic E-state index is 10.0. The summed E-state index contributed by atoms with van der Waals surface area (Å²) in [5, 5.41) is 20.0. The molecule has 1 rings (SSSR count). The highest BCUT2D eigenvalue weighted by Gasteiger charge is 2.37. The first-order valence-electron chi connectivity index (χ1n) is 5.76. The number of allylic oxidation sites excluding steroid dienone is 3. The van der Waals surface area contributed by atoms with Crippen molar-refractivity contribution >= 4 is 0 Å². The van der Waals surface area contributed by atoms with E-state index in [2.05, 4.69) is 6.58 Å². The van der Waals surface area contributed by atoms with Gasteiger partial charge in [0.25, 0.3) is 0 Å². The van der Waals surface area contributed by atoms with E-state index in [0.29, 0.717) is 0 Å². The van der Waals surface area contributed by atoms with E-state index in [9.17, 15) is 10.2 Å². The van der Waals surface area contributed by atoms with E-state index >= 15 is 0 Å². The molecule has 16 heavy (non-hydrogen) atoms. The molecule has 0 bridgehead atoms. The van der Waals surface area contributed by atoms with Gasteiger partial charge in [0.2, 0.25) is 0 Å². The summed E-state index contributed by atoms with van der Waals surface area (Å²) in [6.45, 7) is 11.8. The van der Waals surface area contributed by atoms with Crippen LogP contribution in [0, 0.1) is 11.8 Å². The maximum atomic E-state index is 10.0. The van der Waals surface area contributed by atoms with E-state index in [-0.39, 0.29) is 11.8 Å². The molecule has 0 aromatic rings. The first kappa shape index (κ1) is 13.2. The zero-order valence-electron chi connectivity index (χ0n) is 10.6. The minimum absolute atomic E-state index is 0.0292. The van der Waals surface area contributed by atoms with Gasteiger partial charge in [0.1, 0.15) is 0 Å². The summed E-state index contributed by atoms with van der Waals surface area (Å²) >= 11 is 0. The van der Waals surface area contributed by atoms with E-state index in [4.69, 9.17) is 0 Å². The van der Waals surface area contributed by atoms with Gasteiger partial charge in [-0.3, -0.25) is 0 Å². The summed E-state index contributed by atoms with van der Waals surface area (Å²) in [5.74, 6) is -0.118. The van der Waals surface area contributed by atoms with Gasteiger partial charge in [-0.25, -0.2) is 0 Å². The van der Waals surface area contributed by atoms with Crippen molar-refractivity contribution in [2.24, 2.45) is 11.8 Å². The Hall–Kier alpha value is -0.860. The van der Waals surface area contributed by atoms with Crippen LogP contribution in [0.3, 0.4) is 0 Å². The lowest BCUT2D eigenvalue weighted by atomic mass is 9.72. The van der Waals surface area contributed by atoms with Crippen LogP contribution in [0.25, 0.3) is 0 Å². The predicted octanol–water partition coefficient (Wildman–Crippen LogP) is 2.44. The molecule has 90 valence electrons. The fraction of sp³-hybridized carbons (Fsp3) is 0.571. The SMILES string of the molecule is C=C1/C(=C/C=C(C)C)[C@H](C)[C@@H](O)[C@H](C)[C@@H]1O. The molecule has 0 saturated heterocycles. The van der Waals surface area contributed by atoms with Crippen LogP contribution in [-0.2, 0) is 0 Å². The zero-order valence-corrected chi connectivity index (χ0v) is 10.6. The summed E-state index contributed by atoms with van der Waals surface area (Å²) in [4.78, 5) is 0. The quantitative estimate of drug-likeness (QED) is 0.715. The number of rotatable bonds is 1. The lowest BCUT2D eigenvalue weighted by Gasteiger charge is -2.38. The second-order valence-electron chi connectivity index (χ2n) is 4.97. The van der Waals surface area contributed by atoms with Crippen LogP contribution in [0.5, 0.6) is 0 Å². The highest BCUT2D eigenvalue weighted by molar-refractivity contribution is 5.40. The Balaban J connectivity index is 3.05. The van der Waals surface area contributed by atoms with Crippen LogP contribution >= 0.6 is 0 Å². The van der Waals surface area contributed by atoms with Gasteiger partial charge < -0.3 is 10.2 Å². The Morgan fingerprint density at radius 2 is 1.81 bits per heavy atom. The molecule has 2 nitrogen and oxygen atoms in total. The van der Waals surface area contributed by atoms with Crippen molar-refractivity contribution in [3.8, 4) is 0 Å². The van der Waals surface area contributed by atoms with Crippen molar-refractivity contribution in [2.45, 2.75) is 39.9 Å². The first-order chi connectivity index (χ1) is 7.36. The number of hydrogen-bond acceptors (Lipinski definition) is 2. The monoisotopic (exact) mass is 222 g/mol. The zero-order chi connectivity index (χ0) is 12.5. The second-order valence-corrected chi connectivity index (χ2v) is 4.97. The smallest absolute Gasteiger partial charge is 0.0837 e. The molecule has 2 N–H and O–H groups in total. The average molecular weight is 222 g/mol. The van der Waals surface area contributed by atoms with Crippen LogP contribution in [0.2, 0.25) is 0 Å². The highest BCUT2D eigenvalue weighted by Crippen LogP contribution is 2.36. The topological polar surface area (TPSA) is 40.5 Å². The third kappa shape index (κ3) is 2.45. The molecule has 1 fully saturated rings. The Morgan fingerprint density at radius 3 is 2.31 bits per heavy atom. The lowest BCUT2D eigenvalue weighted by Crippen LogP contribution is -2.41. The molecule has 0 aliphatic heterocycles. The molecule has 0 unspecified atom stereocenters. The largest absolute Gasteiger partial charge is 0.392 e. The number of aliphatic hydroxyl groups excluding tert-OH is 2. The minimum atomic E-state index is -0.636. The number of hydrogen-bond donors (Lipinski definition) is 2. The van der Waals surface area contributed by atoms with Gasteiger partial charge in [0, 0.05) is 11.8 Å². The Morgan fingerprint density at radius 1 is 1.25 bits per heavy atom. The fourth-order valence-electron chi connectivity index (χ4n) is 2.12. The van der Waals surface area contributed by atoms with Crippen molar-refractivity contribution < 1.29 is 10.2 Å². The Kier molecular flexibility index (Phi) is 4.11. The predicted molar refractivity (Wildman–Crippen MR) is 67.0 cm³/mol. The molecule has 0 aromatic carbocycles. The van der Waals surface area contributed by atoms with E-state index in [1.807, 2.05) is 39.8 Å². The minimum Gasteiger partial charge on any atom is -0.392 e. The van der Waals surface area contributed by atoms with Crippen molar-refractivity contribution in [1.29, 1.82) is 0 Å². The van der Waals surface area contributed by atoms with E-state index in [1.165, 1.54) is 5.57 Å². The normalized spacial score (nSPS) is 37.6. The van der Waals surface area contributed by atoms with Crippen molar-refractivity contribution in [3.63, 3.8) is 0 Å². The van der Waals surface area contributed by atoms with Gasteiger partial charge in [-0.05, 0) is 25.0 Å². The molecule has 0 amide bonds. The van der Waals surface area contributed by atoms with Crippen LogP contribution < -0.4 is 0 Å². The van der Waals surface area contributed by atoms with E-state index < -0.39 is 12.2 Å². The molecule has 0 radical (unpaired) electrons. The molecule has 0 aromatic heterocycles. The summed E-state index contributed by atoms with van der Waals surface area (Å²) in [6.07, 6.45) is 2.81. The van der Waals surface area contributed by atoms with Crippen LogP contribution in [0.4, 0.5) is 0 Å². The summed E-state index contributed by atoms with van der Waals surface area (Å²) < 4.78 is 0. The van der Waals surface area contributed by atoms with Crippen LogP contribution in [0.1, 0.15) is 27.7 Å². The van der Waals surface area contributed by atoms with Gasteiger partial charge in [-0.2, -0.15) is 0 Å². The van der Waals surface area contributed by atoms with Gasteiger partial charge in [-0.1, -0.05) is 38.2 Å². The van der Waals surface area contributed by atoms with E-state index in [0.717, 1.165) is 11.1 Å². The lowest BCUT2D eigenvalue weighted by molar-refractivity contribution is 0.00227. The molecule has 0 spiro atoms. The van der Waals surface area contributed by atoms with Crippen molar-refractivity contribution in [3.05, 3.63) is 35.5 Å². The summed E-state index contributed by atoms with van der Waals surface area (Å²) in [7, 11) is 0. The molecular formula is C14H22O2. The van der Waals surface area contributed by atoms with Crippen molar-refractivity contribution in [1.82, 2.24) is 0 Å². The van der Waals surface area contributed by atoms with E-state index in [1.54, 1.807) is 0 Å². The van der Waals surface area contributed by atoms with Gasteiger partial charge in [0.15, 0.2) is 0 Å². The van der Waals surface area contributed by atoms with Crippen LogP contribution in [-0.4, -0.2) is 22.4 Å². The molecular weight excluding hydrogens is 200 g/mol. The molecule has 2 heteroatoms. The van der Waals surface area contributed by atoms with Crippen LogP contribution in [0.15, 0.2) is 35.5 Å². The maximum Gasteiger partial charge on any atom is 0.0837 e. The summed E-state index contributed by atoms with van der Waals surface area (Å²) in [6, 6.07) is 0. The highest BCUT2D eigenvalue weighted by atomic mass is 16.3. The molecule has 1 aliphatic carbocycles. The van der Waals surface area contributed by atoms with Gasteiger partial charge >= 0.3 is 0 Å². The third-order valence-electron chi connectivity index (χ3n) is 3.36. The number of aliphatic hydroxyl groups is 2. The third-order valence-corrected chi connectivity index (χ3v) is 3.36. The Labute approximate surface area is 98.0 Å². The molecule has 4 atom stereocenters. The standard InChI is InChI=1S/C14H22O2/c1-8(2)6-7-12-9(3)13(15)11(5)14(16)10(12)4/h6-7,10-11,13-16H,3H2,1-2,4-5H3/b12-7-/t10-,11+,13+,14+/m0/s1. The van der Waals surface area contributed by atoms with Crippen molar-refractivity contribution in [2.75, 3.05) is 0 Å². The molecule has 1 saturated carbocycles. The molecule has 0 heterocycles. The average Bonchev–Trinajstić information content (AvgIpc) is 2.23. The second kappa shape index (κ2) is 4.98. The fourth-order valence-corrected chi connectivity index (χ4v) is 2.12. The summed E-state index contributed by atoms with van der Waals surface area (Å²) in [5.41, 5.74) is 2.89. The molecule has 1 aliphatic rings. The van der Waals surface area contributed by atoms with Gasteiger partial charge in [-0.15, -0.1) is 0 Å². The van der Waals surface area contributed by atoms with Gasteiger partial charge in [0.05, 0.1) is 12.2 Å². The first-order valence-corrected chi connectivity index (χ1v) is 5.76. The Bertz CT molecular complexity index is 335.